The van der Waals surface area contributed by atoms with Gasteiger partial charge in [-0.1, -0.05) is 29.3 Å². The number of carbonyl (C=O) groups is 2. The zero-order chi connectivity index (χ0) is 17.9. The molecular formula is C16H18Cl2N2O4. The average molecular weight is 373 g/mol. The maximum atomic E-state index is 12.5. The monoisotopic (exact) mass is 372 g/mol. The van der Waals surface area contributed by atoms with Crippen molar-refractivity contribution < 1.29 is 19.1 Å². The van der Waals surface area contributed by atoms with Gasteiger partial charge in [-0.3, -0.25) is 0 Å². The summed E-state index contributed by atoms with van der Waals surface area (Å²) < 4.78 is 10.1. The van der Waals surface area contributed by atoms with Crippen LogP contribution in [0.5, 0.6) is 0 Å². The quantitative estimate of drug-likeness (QED) is 0.636. The molecule has 0 radical (unpaired) electrons. The summed E-state index contributed by atoms with van der Waals surface area (Å²) in [4.78, 5) is 26.0. The third kappa shape index (κ3) is 3.83. The van der Waals surface area contributed by atoms with Gasteiger partial charge in [0.25, 0.3) is 0 Å². The van der Waals surface area contributed by atoms with Crippen molar-refractivity contribution >= 4 is 35.2 Å². The third-order valence-electron chi connectivity index (χ3n) is 3.77. The summed E-state index contributed by atoms with van der Waals surface area (Å²) in [6, 6.07) is 3.84. The van der Waals surface area contributed by atoms with Crippen molar-refractivity contribution in [1.29, 1.82) is 0 Å². The Labute approximate surface area is 150 Å². The number of carbonyl (C=O) groups excluding carboxylic acids is 2. The van der Waals surface area contributed by atoms with Crippen LogP contribution >= 0.6 is 23.2 Å². The van der Waals surface area contributed by atoms with Gasteiger partial charge in [0.05, 0.1) is 18.2 Å². The number of methoxy groups -OCH3 is 1. The van der Waals surface area contributed by atoms with Gasteiger partial charge in [-0.05, 0) is 24.6 Å². The number of hydrogen-bond donors (Lipinski definition) is 1. The van der Waals surface area contributed by atoms with Crippen LogP contribution in [0.2, 0.25) is 10.0 Å². The molecule has 2 rings (SSSR count). The molecule has 0 aliphatic carbocycles. The van der Waals surface area contributed by atoms with Crippen LogP contribution in [0.3, 0.4) is 0 Å². The molecular weight excluding hydrogens is 355 g/mol. The molecule has 1 aromatic rings. The van der Waals surface area contributed by atoms with Crippen LogP contribution in [-0.4, -0.2) is 44.3 Å². The molecule has 2 amide bonds. The smallest absolute Gasteiger partial charge is 0.338 e. The Morgan fingerprint density at radius 1 is 1.33 bits per heavy atom. The van der Waals surface area contributed by atoms with Crippen LogP contribution < -0.4 is 5.32 Å². The minimum Gasteiger partial charge on any atom is -0.460 e. The first kappa shape index (κ1) is 18.6. The van der Waals surface area contributed by atoms with Crippen LogP contribution in [0.25, 0.3) is 0 Å². The van der Waals surface area contributed by atoms with Crippen molar-refractivity contribution in [2.24, 2.45) is 0 Å². The molecule has 0 bridgehead atoms. The van der Waals surface area contributed by atoms with Crippen LogP contribution in [0.15, 0.2) is 29.5 Å². The average Bonchev–Trinajstić information content (AvgIpc) is 2.52. The molecule has 130 valence electrons. The maximum Gasteiger partial charge on any atom is 0.338 e. The fourth-order valence-electron chi connectivity index (χ4n) is 2.36. The summed E-state index contributed by atoms with van der Waals surface area (Å²) in [6.07, 6.45) is 0. The fraction of sp³-hybridized carbons (Fsp3) is 0.375. The lowest BCUT2D eigenvalue weighted by molar-refractivity contribution is -0.140. The Hall–Kier alpha value is -1.76. The number of rotatable bonds is 5. The van der Waals surface area contributed by atoms with Crippen molar-refractivity contribution in [3.8, 4) is 0 Å². The van der Waals surface area contributed by atoms with Gasteiger partial charge in [0.15, 0.2) is 0 Å². The van der Waals surface area contributed by atoms with E-state index < -0.39 is 12.0 Å². The number of allylic oxidation sites excluding steroid dienone is 1. The van der Waals surface area contributed by atoms with E-state index in [1.165, 1.54) is 12.0 Å². The van der Waals surface area contributed by atoms with Crippen molar-refractivity contribution in [2.45, 2.75) is 13.0 Å². The summed E-state index contributed by atoms with van der Waals surface area (Å²) in [7, 11) is 3.09. The first-order valence-corrected chi connectivity index (χ1v) is 7.98. The van der Waals surface area contributed by atoms with Crippen LogP contribution in [-0.2, 0) is 14.3 Å². The minimum absolute atomic E-state index is 0.116. The van der Waals surface area contributed by atoms with Crippen molar-refractivity contribution in [3.63, 3.8) is 0 Å². The first-order valence-electron chi connectivity index (χ1n) is 7.22. The van der Waals surface area contributed by atoms with Gasteiger partial charge in [-0.25, -0.2) is 9.59 Å². The van der Waals surface area contributed by atoms with E-state index >= 15 is 0 Å². The summed E-state index contributed by atoms with van der Waals surface area (Å²) >= 11 is 12.2. The van der Waals surface area contributed by atoms with E-state index in [1.54, 1.807) is 32.2 Å². The van der Waals surface area contributed by atoms with Crippen LogP contribution in [0.4, 0.5) is 4.79 Å². The highest BCUT2D eigenvalue weighted by atomic mass is 35.5. The molecule has 0 saturated carbocycles. The standard InChI is InChI=1S/C16H18Cl2N2O4/c1-9-13(15(21)24-7-6-23-3)14(19-16(22)20(9)2)11-5-4-10(17)8-12(11)18/h4-5,8,14H,6-7H2,1-3H3,(H,19,22). The maximum absolute atomic E-state index is 12.5. The third-order valence-corrected chi connectivity index (χ3v) is 4.33. The number of amides is 2. The van der Waals surface area contributed by atoms with Gasteiger partial charge in [-0.2, -0.15) is 0 Å². The summed E-state index contributed by atoms with van der Waals surface area (Å²) in [5.74, 6) is -0.535. The van der Waals surface area contributed by atoms with Gasteiger partial charge in [0.1, 0.15) is 6.61 Å². The zero-order valence-corrected chi connectivity index (χ0v) is 15.1. The summed E-state index contributed by atoms with van der Waals surface area (Å²) in [5, 5.41) is 3.58. The topological polar surface area (TPSA) is 67.9 Å². The van der Waals surface area contributed by atoms with E-state index in [0.29, 0.717) is 26.9 Å². The summed E-state index contributed by atoms with van der Waals surface area (Å²) in [5.41, 5.74) is 1.38. The lowest BCUT2D eigenvalue weighted by atomic mass is 9.95. The number of benzene rings is 1. The van der Waals surface area contributed by atoms with Crippen LogP contribution in [0, 0.1) is 0 Å². The molecule has 1 aliphatic heterocycles. The highest BCUT2D eigenvalue weighted by Gasteiger charge is 2.35. The predicted octanol–water partition coefficient (Wildman–Crippen LogP) is 3.15. The number of esters is 1. The molecule has 0 saturated heterocycles. The van der Waals surface area contributed by atoms with E-state index in [1.807, 2.05) is 0 Å². The Kier molecular flexibility index (Phi) is 6.10. The Bertz CT molecular complexity index is 691. The Morgan fingerprint density at radius 2 is 2.04 bits per heavy atom. The highest BCUT2D eigenvalue weighted by Crippen LogP contribution is 2.35. The molecule has 1 aliphatic rings. The molecule has 1 atom stereocenters. The van der Waals surface area contributed by atoms with Gasteiger partial charge in [0, 0.05) is 29.9 Å². The zero-order valence-electron chi connectivity index (χ0n) is 13.6. The van der Waals surface area contributed by atoms with Crippen molar-refractivity contribution in [3.05, 3.63) is 45.1 Å². The normalized spacial score (nSPS) is 17.8. The number of urea groups is 1. The molecule has 8 heteroatoms. The van der Waals surface area contributed by atoms with Gasteiger partial charge in [-0.15, -0.1) is 0 Å². The lowest BCUT2D eigenvalue weighted by Crippen LogP contribution is -2.46. The van der Waals surface area contributed by atoms with Crippen molar-refractivity contribution in [1.82, 2.24) is 10.2 Å². The Balaban J connectivity index is 2.43. The van der Waals surface area contributed by atoms with Gasteiger partial charge < -0.3 is 19.7 Å². The second-order valence-electron chi connectivity index (χ2n) is 5.24. The second-order valence-corrected chi connectivity index (χ2v) is 6.08. The van der Waals surface area contributed by atoms with Gasteiger partial charge in [0.2, 0.25) is 0 Å². The SMILES string of the molecule is COCCOC(=O)C1=C(C)N(C)C(=O)NC1c1ccc(Cl)cc1Cl. The first-order chi connectivity index (χ1) is 11.4. The van der Waals surface area contributed by atoms with E-state index in [0.717, 1.165) is 0 Å². The second kappa shape index (κ2) is 7.88. The van der Waals surface area contributed by atoms with Crippen LogP contribution in [0.1, 0.15) is 18.5 Å². The number of hydrogen-bond acceptors (Lipinski definition) is 4. The van der Waals surface area contributed by atoms with Crippen molar-refractivity contribution in [2.75, 3.05) is 27.4 Å². The lowest BCUT2D eigenvalue weighted by Gasteiger charge is -2.33. The number of nitrogens with zero attached hydrogens (tertiary/aromatic N) is 1. The van der Waals surface area contributed by atoms with E-state index in [9.17, 15) is 9.59 Å². The molecule has 0 spiro atoms. The van der Waals surface area contributed by atoms with Gasteiger partial charge >= 0.3 is 12.0 Å². The number of halogens is 2. The fourth-order valence-corrected chi connectivity index (χ4v) is 2.88. The molecule has 1 N–H and O–H groups in total. The number of nitrogens with one attached hydrogen (secondary N) is 1. The van der Waals surface area contributed by atoms with E-state index in [-0.39, 0.29) is 19.2 Å². The molecule has 0 aromatic heterocycles. The minimum atomic E-state index is -0.714. The molecule has 1 unspecified atom stereocenters. The molecule has 24 heavy (non-hydrogen) atoms. The molecule has 0 fully saturated rings. The summed E-state index contributed by atoms with van der Waals surface area (Å²) in [6.45, 7) is 2.08. The predicted molar refractivity (Wildman–Crippen MR) is 91.0 cm³/mol. The van der Waals surface area contributed by atoms with E-state index in [2.05, 4.69) is 5.32 Å². The highest BCUT2D eigenvalue weighted by molar-refractivity contribution is 6.35. The molecule has 1 heterocycles. The Morgan fingerprint density at radius 3 is 2.67 bits per heavy atom. The largest absolute Gasteiger partial charge is 0.460 e. The molecule has 1 aromatic carbocycles. The molecule has 6 nitrogen and oxygen atoms in total. The number of ether oxygens (including phenoxy) is 2. The van der Waals surface area contributed by atoms with E-state index in [4.69, 9.17) is 32.7 Å².